The number of nitrogens with zero attached hydrogens (tertiary/aromatic N) is 2. The fourth-order valence-electron chi connectivity index (χ4n) is 1.24. The molecule has 0 saturated carbocycles. The Kier molecular flexibility index (Phi) is 4.33. The molecule has 0 radical (unpaired) electrons. The number of imidazole rings is 1. The molecule has 0 saturated heterocycles. The molecule has 0 bridgehead atoms. The number of amides is 1. The Morgan fingerprint density at radius 2 is 2.24 bits per heavy atom. The zero-order valence-corrected chi connectivity index (χ0v) is 10.9. The van der Waals surface area contributed by atoms with Gasteiger partial charge in [-0.1, -0.05) is 11.8 Å². The summed E-state index contributed by atoms with van der Waals surface area (Å²) >= 11 is 0. The first-order valence-corrected chi connectivity index (χ1v) is 5.60. The Balaban J connectivity index is 2.33. The Morgan fingerprint density at radius 3 is 2.76 bits per heavy atom. The topological polar surface area (TPSA) is 46.9 Å². The first-order chi connectivity index (χ1) is 7.87. The number of aromatic nitrogens is 2. The van der Waals surface area contributed by atoms with Crippen LogP contribution in [0.5, 0.6) is 0 Å². The highest BCUT2D eigenvalue weighted by atomic mass is 16.1. The third kappa shape index (κ3) is 5.76. The Bertz CT molecular complexity index is 443. The van der Waals surface area contributed by atoms with Crippen LogP contribution >= 0.6 is 0 Å². The molecule has 1 aromatic heterocycles. The lowest BCUT2D eigenvalue weighted by Gasteiger charge is -2.07. The highest BCUT2D eigenvalue weighted by Crippen LogP contribution is 2.09. The third-order valence-corrected chi connectivity index (χ3v) is 1.94. The fourth-order valence-corrected chi connectivity index (χ4v) is 1.24. The first kappa shape index (κ1) is 13.3. The fraction of sp³-hybridized carbons (Fsp3) is 0.538. The maximum atomic E-state index is 11.5. The van der Waals surface area contributed by atoms with Crippen LogP contribution in [0.1, 0.15) is 26.5 Å². The second kappa shape index (κ2) is 5.53. The van der Waals surface area contributed by atoms with Crippen LogP contribution in [0.2, 0.25) is 0 Å². The van der Waals surface area contributed by atoms with Crippen molar-refractivity contribution in [2.24, 2.45) is 12.5 Å². The van der Waals surface area contributed by atoms with Crippen molar-refractivity contribution in [3.63, 3.8) is 0 Å². The minimum Gasteiger partial charge on any atom is -0.345 e. The summed E-state index contributed by atoms with van der Waals surface area (Å²) in [6.45, 7) is 6.50. The van der Waals surface area contributed by atoms with Gasteiger partial charge in [0, 0.05) is 18.7 Å². The van der Waals surface area contributed by atoms with Crippen LogP contribution in [-0.4, -0.2) is 22.0 Å². The van der Waals surface area contributed by atoms with Crippen LogP contribution < -0.4 is 5.32 Å². The van der Waals surface area contributed by atoms with Crippen molar-refractivity contribution in [1.82, 2.24) is 14.9 Å². The van der Waals surface area contributed by atoms with Gasteiger partial charge in [0.05, 0.1) is 25.0 Å². The van der Waals surface area contributed by atoms with Crippen LogP contribution in [0.15, 0.2) is 12.5 Å². The molecule has 0 aliphatic rings. The molecule has 17 heavy (non-hydrogen) atoms. The average molecular weight is 233 g/mol. The number of aryl methyl sites for hydroxylation is 1. The molecule has 4 heteroatoms. The van der Waals surface area contributed by atoms with E-state index in [4.69, 9.17) is 0 Å². The highest BCUT2D eigenvalue weighted by molar-refractivity contribution is 5.78. The second-order valence-electron chi connectivity index (χ2n) is 5.04. The SMILES string of the molecule is Cn1cnc(CC(=O)NCC#CC(C)(C)C)c1. The number of hydrogen-bond donors (Lipinski definition) is 1. The molecule has 0 aliphatic carbocycles. The van der Waals surface area contributed by atoms with E-state index in [1.165, 1.54) is 0 Å². The Hall–Kier alpha value is -1.76. The minimum absolute atomic E-state index is 0.0221. The van der Waals surface area contributed by atoms with Gasteiger partial charge < -0.3 is 9.88 Å². The van der Waals surface area contributed by atoms with Gasteiger partial charge in [0.15, 0.2) is 0 Å². The highest BCUT2D eigenvalue weighted by Gasteiger charge is 2.05. The van der Waals surface area contributed by atoms with Crippen molar-refractivity contribution in [2.45, 2.75) is 27.2 Å². The summed E-state index contributed by atoms with van der Waals surface area (Å²) in [7, 11) is 1.88. The molecule has 0 aliphatic heterocycles. The molecule has 1 aromatic rings. The molecular weight excluding hydrogens is 214 g/mol. The van der Waals surface area contributed by atoms with E-state index < -0.39 is 0 Å². The summed E-state index contributed by atoms with van der Waals surface area (Å²) in [5, 5.41) is 2.75. The number of rotatable bonds is 3. The molecule has 1 amide bonds. The van der Waals surface area contributed by atoms with Gasteiger partial charge in [-0.05, 0) is 20.8 Å². The van der Waals surface area contributed by atoms with E-state index in [1.807, 2.05) is 38.6 Å². The lowest BCUT2D eigenvalue weighted by Crippen LogP contribution is -2.25. The molecule has 0 fully saturated rings. The van der Waals surface area contributed by atoms with E-state index in [-0.39, 0.29) is 11.3 Å². The van der Waals surface area contributed by atoms with Gasteiger partial charge in [0.1, 0.15) is 0 Å². The lowest BCUT2D eigenvalue weighted by molar-refractivity contribution is -0.120. The monoisotopic (exact) mass is 233 g/mol. The number of carbonyl (C=O) groups excluding carboxylic acids is 1. The van der Waals surface area contributed by atoms with Gasteiger partial charge in [-0.15, -0.1) is 0 Å². The molecule has 0 atom stereocenters. The molecular formula is C13H19N3O. The van der Waals surface area contributed by atoms with E-state index in [0.717, 1.165) is 5.69 Å². The first-order valence-electron chi connectivity index (χ1n) is 5.60. The number of nitrogens with one attached hydrogen (secondary N) is 1. The summed E-state index contributed by atoms with van der Waals surface area (Å²) in [6, 6.07) is 0. The minimum atomic E-state index is -0.0492. The summed E-state index contributed by atoms with van der Waals surface area (Å²) < 4.78 is 1.82. The van der Waals surface area contributed by atoms with E-state index in [9.17, 15) is 4.79 Å². The van der Waals surface area contributed by atoms with Crippen LogP contribution in [0.3, 0.4) is 0 Å². The van der Waals surface area contributed by atoms with E-state index in [0.29, 0.717) is 13.0 Å². The van der Waals surface area contributed by atoms with E-state index in [2.05, 4.69) is 22.1 Å². The summed E-state index contributed by atoms with van der Waals surface area (Å²) in [5.41, 5.74) is 0.750. The smallest absolute Gasteiger partial charge is 0.226 e. The van der Waals surface area contributed by atoms with Gasteiger partial charge in [0.25, 0.3) is 0 Å². The lowest BCUT2D eigenvalue weighted by atomic mass is 9.98. The maximum absolute atomic E-state index is 11.5. The van der Waals surface area contributed by atoms with Crippen molar-refractivity contribution in [1.29, 1.82) is 0 Å². The van der Waals surface area contributed by atoms with Gasteiger partial charge >= 0.3 is 0 Å². The Labute approximate surface area is 102 Å². The molecule has 4 nitrogen and oxygen atoms in total. The van der Waals surface area contributed by atoms with Crippen LogP contribution in [0.4, 0.5) is 0 Å². The molecule has 0 aromatic carbocycles. The van der Waals surface area contributed by atoms with Gasteiger partial charge in [-0.25, -0.2) is 4.98 Å². The van der Waals surface area contributed by atoms with E-state index >= 15 is 0 Å². The molecule has 0 spiro atoms. The third-order valence-electron chi connectivity index (χ3n) is 1.94. The molecule has 1 N–H and O–H groups in total. The largest absolute Gasteiger partial charge is 0.345 e. The molecule has 1 heterocycles. The second-order valence-corrected chi connectivity index (χ2v) is 5.04. The van der Waals surface area contributed by atoms with Gasteiger partial charge in [0.2, 0.25) is 5.91 Å². The summed E-state index contributed by atoms with van der Waals surface area (Å²) in [5.74, 6) is 5.95. The number of hydrogen-bond acceptors (Lipinski definition) is 2. The summed E-state index contributed by atoms with van der Waals surface area (Å²) in [6.07, 6.45) is 3.82. The maximum Gasteiger partial charge on any atom is 0.226 e. The summed E-state index contributed by atoms with van der Waals surface area (Å²) in [4.78, 5) is 15.6. The zero-order chi connectivity index (χ0) is 12.9. The van der Waals surface area contributed by atoms with Crippen molar-refractivity contribution in [2.75, 3.05) is 6.54 Å². The van der Waals surface area contributed by atoms with Crippen LogP contribution in [0, 0.1) is 17.3 Å². The molecule has 1 rings (SSSR count). The van der Waals surface area contributed by atoms with Crippen LogP contribution in [-0.2, 0) is 18.3 Å². The van der Waals surface area contributed by atoms with Gasteiger partial charge in [-0.3, -0.25) is 4.79 Å². The van der Waals surface area contributed by atoms with Crippen molar-refractivity contribution < 1.29 is 4.79 Å². The zero-order valence-electron chi connectivity index (χ0n) is 10.9. The quantitative estimate of drug-likeness (QED) is 0.795. The molecule has 0 unspecified atom stereocenters. The molecule has 92 valence electrons. The van der Waals surface area contributed by atoms with Crippen molar-refractivity contribution in [3.8, 4) is 11.8 Å². The average Bonchev–Trinajstić information content (AvgIpc) is 2.57. The standard InChI is InChI=1S/C13H19N3O/c1-13(2,3)6-5-7-14-12(17)8-11-9-16(4)10-15-11/h9-10H,7-8H2,1-4H3,(H,14,17). The normalized spacial score (nSPS) is 10.6. The van der Waals surface area contributed by atoms with Crippen LogP contribution in [0.25, 0.3) is 0 Å². The Morgan fingerprint density at radius 1 is 1.53 bits per heavy atom. The number of carbonyl (C=O) groups is 1. The van der Waals surface area contributed by atoms with Crippen molar-refractivity contribution >= 4 is 5.91 Å². The van der Waals surface area contributed by atoms with E-state index in [1.54, 1.807) is 6.33 Å². The predicted molar refractivity (Wildman–Crippen MR) is 67.2 cm³/mol. The van der Waals surface area contributed by atoms with Crippen molar-refractivity contribution in [3.05, 3.63) is 18.2 Å². The van der Waals surface area contributed by atoms with Gasteiger partial charge in [-0.2, -0.15) is 0 Å². The predicted octanol–water partition coefficient (Wildman–Crippen LogP) is 1.13.